The zero-order chi connectivity index (χ0) is 24.0. The van der Waals surface area contributed by atoms with Gasteiger partial charge in [-0.3, -0.25) is 9.69 Å². The van der Waals surface area contributed by atoms with Gasteiger partial charge in [0.25, 0.3) is 0 Å². The van der Waals surface area contributed by atoms with Crippen LogP contribution in [0.15, 0.2) is 59.5 Å². The van der Waals surface area contributed by atoms with Crippen molar-refractivity contribution in [2.24, 2.45) is 5.92 Å². The fourth-order valence-corrected chi connectivity index (χ4v) is 6.38. The van der Waals surface area contributed by atoms with Crippen molar-refractivity contribution in [1.29, 1.82) is 0 Å². The van der Waals surface area contributed by atoms with Crippen LogP contribution in [0.3, 0.4) is 0 Å². The molecule has 0 aromatic heterocycles. The highest BCUT2D eigenvalue weighted by Crippen LogP contribution is 2.27. The molecule has 2 aliphatic rings. The van der Waals surface area contributed by atoms with Crippen molar-refractivity contribution in [3.63, 3.8) is 0 Å². The van der Waals surface area contributed by atoms with E-state index in [9.17, 15) is 13.2 Å². The predicted molar refractivity (Wildman–Crippen MR) is 132 cm³/mol. The second-order valence-corrected chi connectivity index (χ2v) is 10.9. The molecule has 1 N–H and O–H groups in total. The summed E-state index contributed by atoms with van der Waals surface area (Å²) in [7, 11) is -3.58. The van der Waals surface area contributed by atoms with Crippen LogP contribution in [-0.4, -0.2) is 62.9 Å². The molecule has 2 aromatic carbocycles. The number of likely N-dealkylation sites (tertiary alicyclic amines) is 1. The van der Waals surface area contributed by atoms with Gasteiger partial charge in [-0.25, -0.2) is 8.42 Å². The number of rotatable bonds is 9. The third-order valence-electron chi connectivity index (χ3n) is 6.83. The van der Waals surface area contributed by atoms with E-state index >= 15 is 0 Å². The highest BCUT2D eigenvalue weighted by molar-refractivity contribution is 7.89. The average molecular weight is 486 g/mol. The molecule has 0 bridgehead atoms. The van der Waals surface area contributed by atoms with Crippen LogP contribution in [-0.2, 0) is 14.8 Å². The number of amides is 1. The quantitative estimate of drug-likeness (QED) is 0.589. The highest BCUT2D eigenvalue weighted by Gasteiger charge is 2.33. The van der Waals surface area contributed by atoms with E-state index in [1.165, 1.54) is 22.7 Å². The molecule has 2 heterocycles. The van der Waals surface area contributed by atoms with E-state index in [0.29, 0.717) is 44.8 Å². The number of hydrogen-bond acceptors (Lipinski definition) is 5. The normalized spacial score (nSPS) is 19.1. The van der Waals surface area contributed by atoms with Gasteiger partial charge in [-0.1, -0.05) is 30.3 Å². The minimum absolute atomic E-state index is 0.0262. The SMILES string of the molecule is CCOc1ccc(S(=O)(=O)N2CCC(C(=O)NC[C@H](c3ccccc3)N3CCCC3)CC2)cc1. The number of nitrogens with zero attached hydrogens (tertiary/aromatic N) is 2. The van der Waals surface area contributed by atoms with Gasteiger partial charge in [0.05, 0.1) is 17.5 Å². The monoisotopic (exact) mass is 485 g/mol. The Morgan fingerprint density at radius 1 is 1.00 bits per heavy atom. The summed E-state index contributed by atoms with van der Waals surface area (Å²) >= 11 is 0. The van der Waals surface area contributed by atoms with Crippen LogP contribution < -0.4 is 10.1 Å². The molecule has 2 fully saturated rings. The number of carbonyl (C=O) groups excluding carboxylic acids is 1. The van der Waals surface area contributed by atoms with E-state index in [4.69, 9.17) is 4.74 Å². The van der Waals surface area contributed by atoms with Crippen LogP contribution >= 0.6 is 0 Å². The molecule has 2 aliphatic heterocycles. The molecule has 184 valence electrons. The van der Waals surface area contributed by atoms with Gasteiger partial charge >= 0.3 is 0 Å². The first-order valence-electron chi connectivity index (χ1n) is 12.3. The van der Waals surface area contributed by atoms with Crippen LogP contribution in [0.1, 0.15) is 44.2 Å². The zero-order valence-corrected chi connectivity index (χ0v) is 20.7. The largest absolute Gasteiger partial charge is 0.494 e. The zero-order valence-electron chi connectivity index (χ0n) is 19.9. The molecule has 34 heavy (non-hydrogen) atoms. The van der Waals surface area contributed by atoms with E-state index in [0.717, 1.165) is 13.1 Å². The molecule has 0 spiro atoms. The first kappa shape index (κ1) is 24.7. The van der Waals surface area contributed by atoms with Crippen molar-refractivity contribution in [1.82, 2.24) is 14.5 Å². The van der Waals surface area contributed by atoms with Crippen molar-refractivity contribution in [3.05, 3.63) is 60.2 Å². The molecule has 1 atom stereocenters. The van der Waals surface area contributed by atoms with Gasteiger partial charge in [-0.15, -0.1) is 0 Å². The summed E-state index contributed by atoms with van der Waals surface area (Å²) in [5.41, 5.74) is 1.22. The summed E-state index contributed by atoms with van der Waals surface area (Å²) in [5, 5.41) is 3.17. The summed E-state index contributed by atoms with van der Waals surface area (Å²) < 4.78 is 33.0. The molecule has 0 unspecified atom stereocenters. The Morgan fingerprint density at radius 3 is 2.26 bits per heavy atom. The minimum atomic E-state index is -3.58. The van der Waals surface area contributed by atoms with Crippen LogP contribution in [0.5, 0.6) is 5.75 Å². The number of hydrogen-bond donors (Lipinski definition) is 1. The van der Waals surface area contributed by atoms with Gasteiger partial charge in [0.15, 0.2) is 0 Å². The fraction of sp³-hybridized carbons (Fsp3) is 0.500. The summed E-state index contributed by atoms with van der Waals surface area (Å²) in [6, 6.07) is 17.1. The Balaban J connectivity index is 1.32. The Hall–Kier alpha value is -2.42. The number of piperidine rings is 1. The standard InChI is InChI=1S/C26H35N3O4S/c1-2-33-23-10-12-24(13-11-23)34(31,32)29-18-14-22(15-19-29)26(30)27-20-25(28-16-6-7-17-28)21-8-4-3-5-9-21/h3-5,8-13,22,25H,2,6-7,14-20H2,1H3,(H,27,30)/t25-/m1/s1. The summed E-state index contributed by atoms with van der Waals surface area (Å²) in [6.45, 7) is 5.80. The van der Waals surface area contributed by atoms with Crippen molar-refractivity contribution in [2.75, 3.05) is 39.3 Å². The molecule has 1 amide bonds. The average Bonchev–Trinajstić information content (AvgIpc) is 3.40. The lowest BCUT2D eigenvalue weighted by molar-refractivity contribution is -0.126. The lowest BCUT2D eigenvalue weighted by Gasteiger charge is -2.32. The van der Waals surface area contributed by atoms with Gasteiger partial charge in [0.1, 0.15) is 5.75 Å². The Kier molecular flexibility index (Phi) is 8.24. The van der Waals surface area contributed by atoms with E-state index in [-0.39, 0.29) is 22.8 Å². The molecule has 0 saturated carbocycles. The van der Waals surface area contributed by atoms with E-state index in [1.807, 2.05) is 25.1 Å². The van der Waals surface area contributed by atoms with Crippen LogP contribution in [0, 0.1) is 5.92 Å². The van der Waals surface area contributed by atoms with Crippen LogP contribution in [0.4, 0.5) is 0 Å². The van der Waals surface area contributed by atoms with Gasteiger partial charge in [-0.05, 0) is 75.5 Å². The second kappa shape index (κ2) is 11.3. The fourth-order valence-electron chi connectivity index (χ4n) is 4.91. The maximum Gasteiger partial charge on any atom is 0.243 e. The van der Waals surface area contributed by atoms with Crippen LogP contribution in [0.2, 0.25) is 0 Å². The molecule has 4 rings (SSSR count). The maximum absolute atomic E-state index is 13.0. The molecular weight excluding hydrogens is 450 g/mol. The molecule has 0 aliphatic carbocycles. The lowest BCUT2D eigenvalue weighted by atomic mass is 9.97. The van der Waals surface area contributed by atoms with Crippen molar-refractivity contribution in [3.8, 4) is 5.75 Å². The number of sulfonamides is 1. The first-order valence-corrected chi connectivity index (χ1v) is 13.7. The van der Waals surface area contributed by atoms with E-state index in [1.54, 1.807) is 24.3 Å². The van der Waals surface area contributed by atoms with Gasteiger partial charge < -0.3 is 10.1 Å². The molecule has 8 heteroatoms. The maximum atomic E-state index is 13.0. The number of carbonyl (C=O) groups is 1. The van der Waals surface area contributed by atoms with Crippen LogP contribution in [0.25, 0.3) is 0 Å². The Bertz CT molecular complexity index is 1030. The minimum Gasteiger partial charge on any atom is -0.494 e. The van der Waals surface area contributed by atoms with E-state index < -0.39 is 10.0 Å². The van der Waals surface area contributed by atoms with Crippen molar-refractivity contribution in [2.45, 2.75) is 43.5 Å². The Morgan fingerprint density at radius 2 is 1.65 bits per heavy atom. The molecule has 0 radical (unpaired) electrons. The van der Waals surface area contributed by atoms with Gasteiger partial charge in [0.2, 0.25) is 15.9 Å². The topological polar surface area (TPSA) is 79.0 Å². The molecular formula is C26H35N3O4S. The lowest BCUT2D eigenvalue weighted by Crippen LogP contribution is -2.44. The Labute approximate surface area is 203 Å². The van der Waals surface area contributed by atoms with Crippen molar-refractivity contribution < 1.29 is 17.9 Å². The number of benzene rings is 2. The molecule has 2 saturated heterocycles. The van der Waals surface area contributed by atoms with Crippen molar-refractivity contribution >= 4 is 15.9 Å². The summed E-state index contributed by atoms with van der Waals surface area (Å²) in [4.78, 5) is 15.7. The van der Waals surface area contributed by atoms with Gasteiger partial charge in [-0.2, -0.15) is 4.31 Å². The smallest absolute Gasteiger partial charge is 0.243 e. The summed E-state index contributed by atoms with van der Waals surface area (Å²) in [6.07, 6.45) is 3.45. The second-order valence-electron chi connectivity index (χ2n) is 9.00. The van der Waals surface area contributed by atoms with Gasteiger partial charge in [0, 0.05) is 25.6 Å². The number of ether oxygens (including phenoxy) is 1. The van der Waals surface area contributed by atoms with E-state index in [2.05, 4.69) is 22.3 Å². The molecule has 2 aromatic rings. The third-order valence-corrected chi connectivity index (χ3v) is 8.75. The predicted octanol–water partition coefficient (Wildman–Crippen LogP) is 3.44. The number of nitrogens with one attached hydrogen (secondary N) is 1. The third kappa shape index (κ3) is 5.79. The highest BCUT2D eigenvalue weighted by atomic mass is 32.2. The first-order chi connectivity index (χ1) is 16.5. The molecule has 7 nitrogen and oxygen atoms in total. The summed E-state index contributed by atoms with van der Waals surface area (Å²) in [5.74, 6) is 0.514.